The van der Waals surface area contributed by atoms with Crippen molar-refractivity contribution in [3.05, 3.63) is 0 Å². The highest BCUT2D eigenvalue weighted by Crippen LogP contribution is 2.28. The van der Waals surface area contributed by atoms with E-state index in [2.05, 4.69) is 24.2 Å². The van der Waals surface area contributed by atoms with Gasteiger partial charge in [0.25, 0.3) is 0 Å². The Bertz CT molecular complexity index is 445. The highest BCUT2D eigenvalue weighted by molar-refractivity contribution is 5.79. The molecule has 0 aromatic carbocycles. The zero-order chi connectivity index (χ0) is 19.2. The average Bonchev–Trinajstić information content (AvgIpc) is 2.99. The predicted molar refractivity (Wildman–Crippen MR) is 100 cm³/mol. The third-order valence-electron chi connectivity index (χ3n) is 5.64. The monoisotopic (exact) mass is 376 g/mol. The fourth-order valence-corrected chi connectivity index (χ4v) is 4.13. The quantitative estimate of drug-likeness (QED) is 0.568. The molecule has 4 nitrogen and oxygen atoms in total. The first-order chi connectivity index (χ1) is 12.3. The number of halogens is 3. The zero-order valence-electron chi connectivity index (χ0n) is 16.5. The highest BCUT2D eigenvalue weighted by atomic mass is 19.4. The lowest BCUT2D eigenvalue weighted by atomic mass is 9.83. The van der Waals surface area contributed by atoms with Crippen LogP contribution in [0.2, 0.25) is 0 Å². The fraction of sp³-hybridized carbons (Fsp3) is 0.947. The summed E-state index contributed by atoms with van der Waals surface area (Å²) < 4.78 is 37.5. The first kappa shape index (κ1) is 21.3. The minimum atomic E-state index is -4.11. The number of rotatable bonds is 6. The molecule has 1 saturated heterocycles. The fourth-order valence-electron chi connectivity index (χ4n) is 4.13. The third kappa shape index (κ3) is 7.33. The van der Waals surface area contributed by atoms with Crippen LogP contribution in [0.4, 0.5) is 13.2 Å². The smallest absolute Gasteiger partial charge is 0.357 e. The Morgan fingerprint density at radius 2 is 1.85 bits per heavy atom. The van der Waals surface area contributed by atoms with Crippen LogP contribution < -0.4 is 5.32 Å². The number of aliphatic imine (C=N–C) groups is 1. The van der Waals surface area contributed by atoms with Crippen molar-refractivity contribution in [1.29, 1.82) is 0 Å². The summed E-state index contributed by atoms with van der Waals surface area (Å²) in [6.07, 6.45) is 1.86. The first-order valence-corrected chi connectivity index (χ1v) is 10.1. The third-order valence-corrected chi connectivity index (χ3v) is 5.64. The summed E-state index contributed by atoms with van der Waals surface area (Å²) in [7, 11) is 2.07. The van der Waals surface area contributed by atoms with Gasteiger partial charge in [-0.1, -0.05) is 19.8 Å². The van der Waals surface area contributed by atoms with E-state index in [9.17, 15) is 13.2 Å². The Labute approximate surface area is 156 Å². The molecule has 0 spiro atoms. The molecule has 1 heterocycles. The molecule has 2 rings (SSSR count). The molecule has 0 bridgehead atoms. The zero-order valence-corrected chi connectivity index (χ0v) is 16.5. The molecule has 2 aliphatic rings. The van der Waals surface area contributed by atoms with Crippen molar-refractivity contribution in [3.8, 4) is 0 Å². The van der Waals surface area contributed by atoms with Crippen LogP contribution in [-0.2, 0) is 0 Å². The van der Waals surface area contributed by atoms with Crippen LogP contribution in [0.3, 0.4) is 0 Å². The van der Waals surface area contributed by atoms with Crippen molar-refractivity contribution < 1.29 is 13.2 Å². The molecule has 1 unspecified atom stereocenters. The van der Waals surface area contributed by atoms with Gasteiger partial charge in [0, 0.05) is 33.2 Å². The van der Waals surface area contributed by atoms with Crippen LogP contribution in [0.15, 0.2) is 4.99 Å². The molecule has 7 heteroatoms. The molecule has 1 N–H and O–H groups in total. The Hall–Kier alpha value is -0.980. The molecule has 1 saturated carbocycles. The molecule has 1 aliphatic heterocycles. The van der Waals surface area contributed by atoms with E-state index in [1.54, 1.807) is 0 Å². The van der Waals surface area contributed by atoms with E-state index in [-0.39, 0.29) is 5.92 Å². The lowest BCUT2D eigenvalue weighted by Crippen LogP contribution is -2.42. The molecular formula is C19H35F3N4. The standard InChI is InChI=1S/C19H35F3N4/c1-4-23-18(25(3)12-16-7-5-15(2)6-8-16)24-11-17-9-10-26(13-17)14-19(20,21)22/h15-17H,4-14H2,1-3H3,(H,23,24). The lowest BCUT2D eigenvalue weighted by molar-refractivity contribution is -0.143. The van der Waals surface area contributed by atoms with Crippen molar-refractivity contribution >= 4 is 5.96 Å². The van der Waals surface area contributed by atoms with Crippen LogP contribution in [0.25, 0.3) is 0 Å². The van der Waals surface area contributed by atoms with E-state index in [0.29, 0.717) is 25.6 Å². The second-order valence-electron chi connectivity index (χ2n) is 8.21. The maximum absolute atomic E-state index is 12.5. The van der Waals surface area contributed by atoms with Gasteiger partial charge in [0.1, 0.15) is 0 Å². The SMILES string of the molecule is CCNC(=NCC1CCN(CC(F)(F)F)C1)N(C)CC1CCC(C)CC1. The van der Waals surface area contributed by atoms with E-state index >= 15 is 0 Å². The largest absolute Gasteiger partial charge is 0.401 e. The molecular weight excluding hydrogens is 341 g/mol. The number of nitrogens with zero attached hydrogens (tertiary/aromatic N) is 3. The van der Waals surface area contributed by atoms with Crippen LogP contribution in [0.5, 0.6) is 0 Å². The van der Waals surface area contributed by atoms with Gasteiger partial charge < -0.3 is 10.2 Å². The van der Waals surface area contributed by atoms with Gasteiger partial charge in [-0.05, 0) is 50.5 Å². The Kier molecular flexibility index (Phi) is 8.05. The lowest BCUT2D eigenvalue weighted by Gasteiger charge is -2.31. The van der Waals surface area contributed by atoms with Crippen LogP contribution in [0.1, 0.15) is 46.0 Å². The van der Waals surface area contributed by atoms with E-state index in [1.807, 2.05) is 6.92 Å². The molecule has 0 amide bonds. The number of alkyl halides is 3. The molecule has 0 aromatic heterocycles. The summed E-state index contributed by atoms with van der Waals surface area (Å²) in [5.74, 6) is 2.67. The van der Waals surface area contributed by atoms with Gasteiger partial charge in [-0.15, -0.1) is 0 Å². The molecule has 0 aromatic rings. The Morgan fingerprint density at radius 1 is 1.15 bits per heavy atom. The van der Waals surface area contributed by atoms with E-state index in [4.69, 9.17) is 4.99 Å². The van der Waals surface area contributed by atoms with Crippen molar-refractivity contribution in [2.24, 2.45) is 22.7 Å². The van der Waals surface area contributed by atoms with Crippen molar-refractivity contribution in [1.82, 2.24) is 15.1 Å². The van der Waals surface area contributed by atoms with Gasteiger partial charge in [-0.3, -0.25) is 9.89 Å². The number of nitrogens with one attached hydrogen (secondary N) is 1. The van der Waals surface area contributed by atoms with Crippen molar-refractivity contribution in [2.75, 3.05) is 46.3 Å². The normalized spacial score (nSPS) is 28.4. The summed E-state index contributed by atoms with van der Waals surface area (Å²) in [4.78, 5) is 8.43. The Balaban J connectivity index is 1.82. The first-order valence-electron chi connectivity index (χ1n) is 10.1. The summed E-state index contributed by atoms with van der Waals surface area (Å²) in [5.41, 5.74) is 0. The minimum Gasteiger partial charge on any atom is -0.357 e. The topological polar surface area (TPSA) is 30.9 Å². The van der Waals surface area contributed by atoms with Gasteiger partial charge in [-0.2, -0.15) is 13.2 Å². The molecule has 152 valence electrons. The van der Waals surface area contributed by atoms with Crippen molar-refractivity contribution in [2.45, 2.75) is 52.1 Å². The molecule has 0 radical (unpaired) electrons. The minimum absolute atomic E-state index is 0.218. The van der Waals surface area contributed by atoms with Crippen LogP contribution in [0, 0.1) is 17.8 Å². The van der Waals surface area contributed by atoms with Gasteiger partial charge in [-0.25, -0.2) is 0 Å². The van der Waals surface area contributed by atoms with Gasteiger partial charge in [0.15, 0.2) is 5.96 Å². The summed E-state index contributed by atoms with van der Waals surface area (Å²) in [5, 5.41) is 3.34. The van der Waals surface area contributed by atoms with E-state index in [0.717, 1.165) is 31.4 Å². The van der Waals surface area contributed by atoms with Gasteiger partial charge >= 0.3 is 6.18 Å². The van der Waals surface area contributed by atoms with E-state index in [1.165, 1.54) is 30.6 Å². The Morgan fingerprint density at radius 3 is 2.46 bits per heavy atom. The van der Waals surface area contributed by atoms with E-state index < -0.39 is 12.7 Å². The molecule has 1 atom stereocenters. The number of likely N-dealkylation sites (tertiary alicyclic amines) is 1. The summed E-state index contributed by atoms with van der Waals surface area (Å²) in [6, 6.07) is 0. The second kappa shape index (κ2) is 9.81. The molecule has 1 aliphatic carbocycles. The van der Waals surface area contributed by atoms with Crippen LogP contribution in [-0.4, -0.2) is 68.3 Å². The maximum atomic E-state index is 12.5. The van der Waals surface area contributed by atoms with Crippen LogP contribution >= 0.6 is 0 Å². The number of hydrogen-bond donors (Lipinski definition) is 1. The number of hydrogen-bond acceptors (Lipinski definition) is 2. The predicted octanol–water partition coefficient (Wildman–Crippen LogP) is 3.59. The van der Waals surface area contributed by atoms with Gasteiger partial charge in [0.05, 0.1) is 6.54 Å². The average molecular weight is 377 g/mol. The van der Waals surface area contributed by atoms with Crippen molar-refractivity contribution in [3.63, 3.8) is 0 Å². The molecule has 26 heavy (non-hydrogen) atoms. The highest BCUT2D eigenvalue weighted by Gasteiger charge is 2.34. The summed E-state index contributed by atoms with van der Waals surface area (Å²) >= 11 is 0. The molecule has 2 fully saturated rings. The summed E-state index contributed by atoms with van der Waals surface area (Å²) in [6.45, 7) is 7.00. The maximum Gasteiger partial charge on any atom is 0.401 e. The second-order valence-corrected chi connectivity index (χ2v) is 8.21. The van der Waals surface area contributed by atoms with Gasteiger partial charge in [0.2, 0.25) is 0 Å². The number of guanidine groups is 1.